The average Bonchev–Trinajstić information content (AvgIpc) is 2.53. The molecule has 0 aromatic heterocycles. The SMILES string of the molecule is C=C(CCC(=O)c1ccc(C)cc1)C(=O)c1ccc(C)cc1. The predicted octanol–water partition coefficient (Wildman–Crippen LogP) is 4.71. The van der Waals surface area contributed by atoms with Crippen LogP contribution < -0.4 is 0 Å². The van der Waals surface area contributed by atoms with Crippen LogP contribution >= 0.6 is 0 Å². The number of hydrogen-bond donors (Lipinski definition) is 0. The molecule has 2 rings (SSSR count). The van der Waals surface area contributed by atoms with Crippen molar-refractivity contribution < 1.29 is 9.59 Å². The third-order valence-electron chi connectivity index (χ3n) is 3.66. The molecule has 0 atom stereocenters. The van der Waals surface area contributed by atoms with Crippen molar-refractivity contribution in [3.05, 3.63) is 82.9 Å². The van der Waals surface area contributed by atoms with E-state index in [1.54, 1.807) is 12.1 Å². The van der Waals surface area contributed by atoms with Crippen LogP contribution in [0.3, 0.4) is 0 Å². The maximum absolute atomic E-state index is 12.2. The van der Waals surface area contributed by atoms with Crippen molar-refractivity contribution in [2.45, 2.75) is 26.7 Å². The Labute approximate surface area is 131 Å². The van der Waals surface area contributed by atoms with Gasteiger partial charge in [0.05, 0.1) is 0 Å². The van der Waals surface area contributed by atoms with Crippen LogP contribution in [0.2, 0.25) is 0 Å². The van der Waals surface area contributed by atoms with Gasteiger partial charge in [-0.3, -0.25) is 9.59 Å². The van der Waals surface area contributed by atoms with Gasteiger partial charge in [0.15, 0.2) is 11.6 Å². The molecule has 0 heterocycles. The Bertz CT molecular complexity index is 691. The Morgan fingerprint density at radius 2 is 1.23 bits per heavy atom. The van der Waals surface area contributed by atoms with E-state index in [0.717, 1.165) is 11.1 Å². The average molecular weight is 292 g/mol. The number of rotatable bonds is 6. The van der Waals surface area contributed by atoms with Crippen LogP contribution in [0.25, 0.3) is 0 Å². The highest BCUT2D eigenvalue weighted by molar-refractivity contribution is 6.08. The molecular formula is C20H20O2. The van der Waals surface area contributed by atoms with Gasteiger partial charge >= 0.3 is 0 Å². The molecule has 0 saturated heterocycles. The molecule has 2 nitrogen and oxygen atoms in total. The van der Waals surface area contributed by atoms with E-state index in [1.807, 2.05) is 50.2 Å². The topological polar surface area (TPSA) is 34.1 Å². The molecule has 2 heteroatoms. The van der Waals surface area contributed by atoms with Crippen molar-refractivity contribution >= 4 is 11.6 Å². The first-order valence-electron chi connectivity index (χ1n) is 7.36. The summed E-state index contributed by atoms with van der Waals surface area (Å²) in [5.41, 5.74) is 4.01. The number of Topliss-reactive ketones (excluding diaryl/α,β-unsaturated/α-hetero) is 2. The highest BCUT2D eigenvalue weighted by Gasteiger charge is 2.12. The van der Waals surface area contributed by atoms with E-state index in [4.69, 9.17) is 0 Å². The number of carbonyl (C=O) groups is 2. The molecule has 0 bridgehead atoms. The van der Waals surface area contributed by atoms with Gasteiger partial charge in [-0.05, 0) is 25.8 Å². The number of aryl methyl sites for hydroxylation is 2. The first-order chi connectivity index (χ1) is 10.5. The van der Waals surface area contributed by atoms with Crippen LogP contribution in [-0.4, -0.2) is 11.6 Å². The summed E-state index contributed by atoms with van der Waals surface area (Å²) in [6, 6.07) is 14.9. The molecule has 0 N–H and O–H groups in total. The van der Waals surface area contributed by atoms with Crippen molar-refractivity contribution in [3.8, 4) is 0 Å². The van der Waals surface area contributed by atoms with Crippen LogP contribution in [0.15, 0.2) is 60.7 Å². The monoisotopic (exact) mass is 292 g/mol. The number of hydrogen-bond acceptors (Lipinski definition) is 2. The van der Waals surface area contributed by atoms with Crippen molar-refractivity contribution in [1.29, 1.82) is 0 Å². The Hall–Kier alpha value is -2.48. The Kier molecular flexibility index (Phi) is 5.05. The second-order valence-electron chi connectivity index (χ2n) is 5.59. The summed E-state index contributed by atoms with van der Waals surface area (Å²) < 4.78 is 0. The number of carbonyl (C=O) groups excluding carboxylic acids is 2. The summed E-state index contributed by atoms with van der Waals surface area (Å²) in [7, 11) is 0. The largest absolute Gasteiger partial charge is 0.294 e. The van der Waals surface area contributed by atoms with Crippen molar-refractivity contribution in [2.24, 2.45) is 0 Å². The third kappa shape index (κ3) is 4.01. The molecule has 0 radical (unpaired) electrons. The fraction of sp³-hybridized carbons (Fsp3) is 0.200. The van der Waals surface area contributed by atoms with Gasteiger partial charge in [0, 0.05) is 17.5 Å². The van der Waals surface area contributed by atoms with Crippen molar-refractivity contribution in [3.63, 3.8) is 0 Å². The molecule has 2 aromatic rings. The normalized spacial score (nSPS) is 10.3. The molecular weight excluding hydrogens is 272 g/mol. The lowest BCUT2D eigenvalue weighted by Gasteiger charge is -2.06. The van der Waals surface area contributed by atoms with Gasteiger partial charge in [0.25, 0.3) is 0 Å². The molecule has 0 saturated carbocycles. The van der Waals surface area contributed by atoms with Crippen molar-refractivity contribution in [1.82, 2.24) is 0 Å². The molecule has 0 aliphatic heterocycles. The van der Waals surface area contributed by atoms with Gasteiger partial charge in [0.1, 0.15) is 0 Å². The highest BCUT2D eigenvalue weighted by atomic mass is 16.1. The molecule has 0 fully saturated rings. The third-order valence-corrected chi connectivity index (χ3v) is 3.66. The summed E-state index contributed by atoms with van der Waals surface area (Å²) in [5, 5.41) is 0. The van der Waals surface area contributed by atoms with Gasteiger partial charge in [0.2, 0.25) is 0 Å². The second-order valence-corrected chi connectivity index (χ2v) is 5.59. The van der Waals surface area contributed by atoms with Crippen LogP contribution in [-0.2, 0) is 0 Å². The first-order valence-corrected chi connectivity index (χ1v) is 7.36. The minimum atomic E-state index is -0.0864. The van der Waals surface area contributed by atoms with Crippen LogP contribution in [0.5, 0.6) is 0 Å². The standard InChI is InChI=1S/C20H20O2/c1-14-4-9-17(10-5-14)19(21)13-8-16(3)20(22)18-11-6-15(2)7-12-18/h4-7,9-12H,3,8,13H2,1-2H3. The summed E-state index contributed by atoms with van der Waals surface area (Å²) >= 11 is 0. The van der Waals surface area contributed by atoms with Gasteiger partial charge in [-0.25, -0.2) is 0 Å². The number of allylic oxidation sites excluding steroid dienone is 1. The van der Waals surface area contributed by atoms with Crippen LogP contribution in [0.1, 0.15) is 44.7 Å². The Morgan fingerprint density at radius 3 is 1.73 bits per heavy atom. The highest BCUT2D eigenvalue weighted by Crippen LogP contribution is 2.15. The van der Waals surface area contributed by atoms with Gasteiger partial charge in [-0.2, -0.15) is 0 Å². The maximum atomic E-state index is 12.2. The number of ketones is 2. The molecule has 0 aliphatic rings. The molecule has 2 aromatic carbocycles. The Morgan fingerprint density at radius 1 is 0.773 bits per heavy atom. The molecule has 0 unspecified atom stereocenters. The van der Waals surface area contributed by atoms with E-state index < -0.39 is 0 Å². The smallest absolute Gasteiger partial charge is 0.188 e. The second kappa shape index (κ2) is 6.99. The quantitative estimate of drug-likeness (QED) is 0.571. The molecule has 22 heavy (non-hydrogen) atoms. The first kappa shape index (κ1) is 15.9. The van der Waals surface area contributed by atoms with E-state index >= 15 is 0 Å². The summed E-state index contributed by atoms with van der Waals surface area (Å²) in [6.07, 6.45) is 0.693. The Balaban J connectivity index is 1.94. The maximum Gasteiger partial charge on any atom is 0.188 e. The molecule has 0 spiro atoms. The van der Waals surface area contributed by atoms with Crippen LogP contribution in [0, 0.1) is 13.8 Å². The van der Waals surface area contributed by atoms with Gasteiger partial charge < -0.3 is 0 Å². The lowest BCUT2D eigenvalue weighted by atomic mass is 9.97. The van der Waals surface area contributed by atoms with E-state index in [0.29, 0.717) is 29.5 Å². The van der Waals surface area contributed by atoms with E-state index in [1.165, 1.54) is 0 Å². The van der Waals surface area contributed by atoms with E-state index in [-0.39, 0.29) is 11.6 Å². The molecule has 112 valence electrons. The van der Waals surface area contributed by atoms with E-state index in [2.05, 4.69) is 6.58 Å². The minimum Gasteiger partial charge on any atom is -0.294 e. The summed E-state index contributed by atoms with van der Waals surface area (Å²) in [6.45, 7) is 7.79. The van der Waals surface area contributed by atoms with Crippen molar-refractivity contribution in [2.75, 3.05) is 0 Å². The zero-order valence-corrected chi connectivity index (χ0v) is 13.1. The summed E-state index contributed by atoms with van der Waals surface area (Å²) in [5.74, 6) is -0.0467. The zero-order valence-electron chi connectivity index (χ0n) is 13.1. The lowest BCUT2D eigenvalue weighted by molar-refractivity contribution is 0.0979. The fourth-order valence-electron chi connectivity index (χ4n) is 2.17. The zero-order chi connectivity index (χ0) is 16.1. The van der Waals surface area contributed by atoms with Gasteiger partial charge in [-0.15, -0.1) is 0 Å². The van der Waals surface area contributed by atoms with Crippen LogP contribution in [0.4, 0.5) is 0 Å². The summed E-state index contributed by atoms with van der Waals surface area (Å²) in [4.78, 5) is 24.4. The molecule has 0 aliphatic carbocycles. The van der Waals surface area contributed by atoms with Gasteiger partial charge in [-0.1, -0.05) is 66.2 Å². The fourth-order valence-corrected chi connectivity index (χ4v) is 2.17. The number of benzene rings is 2. The predicted molar refractivity (Wildman–Crippen MR) is 89.4 cm³/mol. The van der Waals surface area contributed by atoms with E-state index in [9.17, 15) is 9.59 Å². The lowest BCUT2D eigenvalue weighted by Crippen LogP contribution is -2.06. The minimum absolute atomic E-state index is 0.0397. The molecule has 0 amide bonds.